The van der Waals surface area contributed by atoms with Crippen LogP contribution in [0.2, 0.25) is 0 Å². The lowest BCUT2D eigenvalue weighted by atomic mass is 10.1. The Morgan fingerprint density at radius 2 is 1.80 bits per heavy atom. The Morgan fingerprint density at radius 1 is 1.05 bits per heavy atom. The lowest BCUT2D eigenvalue weighted by Gasteiger charge is -2.14. The number of halogens is 3. The molecule has 0 aromatic heterocycles. The summed E-state index contributed by atoms with van der Waals surface area (Å²) in [6, 6.07) is 7.20. The molecule has 0 aliphatic heterocycles. The molecule has 2 nitrogen and oxygen atoms in total. The van der Waals surface area contributed by atoms with Gasteiger partial charge in [0.25, 0.3) is 0 Å². The van der Waals surface area contributed by atoms with Crippen molar-refractivity contribution in [3.05, 3.63) is 65.0 Å². The van der Waals surface area contributed by atoms with Crippen molar-refractivity contribution in [2.75, 3.05) is 0 Å². The SMILES string of the molecule is CC(N)c1ccc(F)cc1OCc1ccc(F)c(F)c1. The molecule has 0 saturated carbocycles. The van der Waals surface area contributed by atoms with Crippen molar-refractivity contribution >= 4 is 0 Å². The summed E-state index contributed by atoms with van der Waals surface area (Å²) < 4.78 is 44.5. The maximum absolute atomic E-state index is 13.2. The summed E-state index contributed by atoms with van der Waals surface area (Å²) in [4.78, 5) is 0. The molecule has 2 N–H and O–H groups in total. The Bertz CT molecular complexity index is 614. The van der Waals surface area contributed by atoms with Gasteiger partial charge in [-0.15, -0.1) is 0 Å². The molecular weight excluding hydrogens is 267 g/mol. The third kappa shape index (κ3) is 3.30. The second-order valence-corrected chi connectivity index (χ2v) is 4.51. The summed E-state index contributed by atoms with van der Waals surface area (Å²) >= 11 is 0. The van der Waals surface area contributed by atoms with Crippen molar-refractivity contribution in [2.45, 2.75) is 19.6 Å². The predicted octanol–water partition coefficient (Wildman–Crippen LogP) is 3.70. The largest absolute Gasteiger partial charge is 0.488 e. The zero-order chi connectivity index (χ0) is 14.7. The third-order valence-corrected chi connectivity index (χ3v) is 2.84. The minimum atomic E-state index is -0.947. The average molecular weight is 281 g/mol. The fraction of sp³-hybridized carbons (Fsp3) is 0.200. The molecular formula is C15H14F3NO. The number of hydrogen-bond donors (Lipinski definition) is 1. The first-order valence-corrected chi connectivity index (χ1v) is 6.09. The number of ether oxygens (including phenoxy) is 1. The van der Waals surface area contributed by atoms with Gasteiger partial charge in [0.15, 0.2) is 11.6 Å². The van der Waals surface area contributed by atoms with E-state index in [9.17, 15) is 13.2 Å². The van der Waals surface area contributed by atoms with E-state index in [0.29, 0.717) is 16.9 Å². The van der Waals surface area contributed by atoms with Crippen LogP contribution in [0.15, 0.2) is 36.4 Å². The minimum Gasteiger partial charge on any atom is -0.488 e. The molecule has 2 aromatic rings. The Morgan fingerprint density at radius 3 is 2.45 bits per heavy atom. The van der Waals surface area contributed by atoms with Crippen LogP contribution in [0.3, 0.4) is 0 Å². The van der Waals surface area contributed by atoms with Crippen LogP contribution in [0, 0.1) is 17.5 Å². The van der Waals surface area contributed by atoms with Crippen LogP contribution >= 0.6 is 0 Å². The Balaban J connectivity index is 2.17. The van der Waals surface area contributed by atoms with Crippen molar-refractivity contribution in [1.82, 2.24) is 0 Å². The van der Waals surface area contributed by atoms with Gasteiger partial charge >= 0.3 is 0 Å². The smallest absolute Gasteiger partial charge is 0.159 e. The Hall–Kier alpha value is -2.01. The molecule has 0 radical (unpaired) electrons. The van der Waals surface area contributed by atoms with E-state index in [2.05, 4.69) is 0 Å². The van der Waals surface area contributed by atoms with E-state index in [1.54, 1.807) is 13.0 Å². The van der Waals surface area contributed by atoms with Crippen molar-refractivity contribution in [3.8, 4) is 5.75 Å². The second-order valence-electron chi connectivity index (χ2n) is 4.51. The first-order chi connectivity index (χ1) is 9.47. The van der Waals surface area contributed by atoms with E-state index in [-0.39, 0.29) is 12.6 Å². The minimum absolute atomic E-state index is 0.000370. The highest BCUT2D eigenvalue weighted by molar-refractivity contribution is 5.36. The van der Waals surface area contributed by atoms with Crippen LogP contribution in [-0.4, -0.2) is 0 Å². The van der Waals surface area contributed by atoms with E-state index < -0.39 is 17.5 Å². The number of nitrogens with two attached hydrogens (primary N) is 1. The van der Waals surface area contributed by atoms with Crippen LogP contribution in [0.1, 0.15) is 24.1 Å². The first-order valence-electron chi connectivity index (χ1n) is 6.09. The summed E-state index contributed by atoms with van der Waals surface area (Å²) in [7, 11) is 0. The van der Waals surface area contributed by atoms with Gasteiger partial charge < -0.3 is 10.5 Å². The fourth-order valence-electron chi connectivity index (χ4n) is 1.80. The Kier molecular flexibility index (Phi) is 4.29. The van der Waals surface area contributed by atoms with Gasteiger partial charge in [-0.1, -0.05) is 12.1 Å². The Labute approximate surface area is 115 Å². The zero-order valence-electron chi connectivity index (χ0n) is 10.9. The van der Waals surface area contributed by atoms with Crippen LogP contribution in [0.5, 0.6) is 5.75 Å². The van der Waals surface area contributed by atoms with Gasteiger partial charge in [-0.05, 0) is 30.7 Å². The average Bonchev–Trinajstić information content (AvgIpc) is 2.40. The molecule has 2 rings (SSSR count). The molecule has 5 heteroatoms. The molecule has 0 heterocycles. The molecule has 0 spiro atoms. The van der Waals surface area contributed by atoms with Crippen molar-refractivity contribution in [3.63, 3.8) is 0 Å². The van der Waals surface area contributed by atoms with Crippen LogP contribution in [0.25, 0.3) is 0 Å². The summed E-state index contributed by atoms with van der Waals surface area (Å²) in [5.41, 5.74) is 6.86. The fourth-order valence-corrected chi connectivity index (χ4v) is 1.80. The van der Waals surface area contributed by atoms with Crippen LogP contribution < -0.4 is 10.5 Å². The first kappa shape index (κ1) is 14.4. The maximum atomic E-state index is 13.2. The molecule has 106 valence electrons. The maximum Gasteiger partial charge on any atom is 0.159 e. The summed E-state index contributed by atoms with van der Waals surface area (Å²) in [6.07, 6.45) is 0. The van der Waals surface area contributed by atoms with Gasteiger partial charge in [-0.2, -0.15) is 0 Å². The van der Waals surface area contributed by atoms with Crippen molar-refractivity contribution in [1.29, 1.82) is 0 Å². The van der Waals surface area contributed by atoms with Crippen molar-refractivity contribution < 1.29 is 17.9 Å². The highest BCUT2D eigenvalue weighted by Crippen LogP contribution is 2.25. The normalized spacial score (nSPS) is 12.2. The molecule has 0 bridgehead atoms. The summed E-state index contributed by atoms with van der Waals surface area (Å²) in [5.74, 6) is -2.02. The van der Waals surface area contributed by atoms with Gasteiger partial charge in [0.2, 0.25) is 0 Å². The topological polar surface area (TPSA) is 35.2 Å². The number of hydrogen-bond acceptors (Lipinski definition) is 2. The molecule has 0 saturated heterocycles. The molecule has 1 atom stereocenters. The van der Waals surface area contributed by atoms with Crippen LogP contribution in [-0.2, 0) is 6.61 Å². The number of benzene rings is 2. The van der Waals surface area contributed by atoms with E-state index in [4.69, 9.17) is 10.5 Å². The van der Waals surface area contributed by atoms with E-state index >= 15 is 0 Å². The van der Waals surface area contributed by atoms with Crippen molar-refractivity contribution in [2.24, 2.45) is 5.73 Å². The molecule has 2 aromatic carbocycles. The molecule has 0 fully saturated rings. The van der Waals surface area contributed by atoms with Crippen LogP contribution in [0.4, 0.5) is 13.2 Å². The molecule has 0 aliphatic carbocycles. The predicted molar refractivity (Wildman–Crippen MR) is 69.7 cm³/mol. The van der Waals surface area contributed by atoms with Gasteiger partial charge in [-0.25, -0.2) is 13.2 Å². The highest BCUT2D eigenvalue weighted by atomic mass is 19.2. The second kappa shape index (κ2) is 5.96. The molecule has 20 heavy (non-hydrogen) atoms. The molecule has 1 unspecified atom stereocenters. The molecule has 0 amide bonds. The highest BCUT2D eigenvalue weighted by Gasteiger charge is 2.10. The number of rotatable bonds is 4. The zero-order valence-corrected chi connectivity index (χ0v) is 10.9. The summed E-state index contributed by atoms with van der Waals surface area (Å²) in [6.45, 7) is 1.75. The van der Waals surface area contributed by atoms with E-state index in [1.165, 1.54) is 18.2 Å². The van der Waals surface area contributed by atoms with Gasteiger partial charge in [0.05, 0.1) is 0 Å². The van der Waals surface area contributed by atoms with Gasteiger partial charge in [0, 0.05) is 17.7 Å². The van der Waals surface area contributed by atoms with E-state index in [0.717, 1.165) is 12.1 Å². The standard InChI is InChI=1S/C15H14F3NO/c1-9(19)12-4-3-11(16)7-15(12)20-8-10-2-5-13(17)14(18)6-10/h2-7,9H,8,19H2,1H3. The van der Waals surface area contributed by atoms with E-state index in [1.807, 2.05) is 0 Å². The lowest BCUT2D eigenvalue weighted by Crippen LogP contribution is -2.08. The van der Waals surface area contributed by atoms with Gasteiger partial charge in [0.1, 0.15) is 18.2 Å². The quantitative estimate of drug-likeness (QED) is 0.927. The lowest BCUT2D eigenvalue weighted by molar-refractivity contribution is 0.298. The third-order valence-electron chi connectivity index (χ3n) is 2.84. The monoisotopic (exact) mass is 281 g/mol. The summed E-state index contributed by atoms with van der Waals surface area (Å²) in [5, 5.41) is 0. The van der Waals surface area contributed by atoms with Gasteiger partial charge in [-0.3, -0.25) is 0 Å². The molecule has 0 aliphatic rings.